The van der Waals surface area contributed by atoms with Gasteiger partial charge in [0.15, 0.2) is 0 Å². The Kier molecular flexibility index (Phi) is 6.01. The topological polar surface area (TPSA) is 54.3 Å². The fraction of sp³-hybridized carbons (Fsp3) is 0.478. The zero-order valence-corrected chi connectivity index (χ0v) is 18.1. The molecule has 0 saturated carbocycles. The minimum atomic E-state index is -0.0805. The summed E-state index contributed by atoms with van der Waals surface area (Å²) >= 11 is 1.41. The predicted molar refractivity (Wildman–Crippen MR) is 121 cm³/mol. The Morgan fingerprint density at radius 3 is 2.90 bits per heavy atom. The van der Waals surface area contributed by atoms with Crippen LogP contribution in [0, 0.1) is 0 Å². The van der Waals surface area contributed by atoms with Gasteiger partial charge in [0.05, 0.1) is 15.8 Å². The summed E-state index contributed by atoms with van der Waals surface area (Å²) in [4.78, 5) is 28.6. The molecule has 0 aliphatic carbocycles. The van der Waals surface area contributed by atoms with E-state index >= 15 is 0 Å². The van der Waals surface area contributed by atoms with E-state index in [1.54, 1.807) is 17.7 Å². The first-order valence-corrected chi connectivity index (χ1v) is 11.4. The number of piperidine rings is 1. The Morgan fingerprint density at radius 2 is 2.07 bits per heavy atom. The van der Waals surface area contributed by atoms with Gasteiger partial charge in [-0.1, -0.05) is 31.5 Å². The number of likely N-dealkylation sites (tertiary alicyclic amines) is 1. The molecule has 1 saturated heterocycles. The van der Waals surface area contributed by atoms with Crippen LogP contribution in [-0.4, -0.2) is 41.1 Å². The molecule has 3 aromatic rings. The number of hydrogen-bond acceptors (Lipinski definition) is 4. The lowest BCUT2D eigenvalue weighted by molar-refractivity contribution is 0.0951. The van der Waals surface area contributed by atoms with Crippen molar-refractivity contribution < 1.29 is 4.79 Å². The molecule has 0 spiro atoms. The molecule has 3 heterocycles. The van der Waals surface area contributed by atoms with Crippen LogP contribution in [0.5, 0.6) is 0 Å². The Hall–Kier alpha value is -2.18. The largest absolute Gasteiger partial charge is 0.351 e. The number of benzene rings is 1. The van der Waals surface area contributed by atoms with Gasteiger partial charge in [0.2, 0.25) is 0 Å². The van der Waals surface area contributed by atoms with E-state index in [1.165, 1.54) is 43.6 Å². The Balaban J connectivity index is 1.45. The maximum Gasteiger partial charge on any atom is 0.261 e. The van der Waals surface area contributed by atoms with Crippen molar-refractivity contribution in [2.45, 2.75) is 45.1 Å². The molecule has 4 rings (SSSR count). The second-order valence-corrected chi connectivity index (χ2v) is 8.99. The summed E-state index contributed by atoms with van der Waals surface area (Å²) in [6, 6.07) is 10.3. The van der Waals surface area contributed by atoms with Crippen molar-refractivity contribution in [2.24, 2.45) is 7.05 Å². The van der Waals surface area contributed by atoms with Crippen molar-refractivity contribution >= 4 is 38.2 Å². The minimum absolute atomic E-state index is 0.0512. The number of para-hydroxylation sites is 1. The van der Waals surface area contributed by atoms with Crippen LogP contribution in [-0.2, 0) is 7.05 Å². The van der Waals surface area contributed by atoms with Gasteiger partial charge in [-0.25, -0.2) is 0 Å². The molecule has 1 N–H and O–H groups in total. The van der Waals surface area contributed by atoms with Crippen molar-refractivity contribution in [1.29, 1.82) is 0 Å². The fourth-order valence-electron chi connectivity index (χ4n) is 4.50. The molecule has 1 aliphatic heterocycles. The lowest BCUT2D eigenvalue weighted by Gasteiger charge is -2.35. The van der Waals surface area contributed by atoms with Gasteiger partial charge in [-0.05, 0) is 44.4 Å². The average Bonchev–Trinajstić information content (AvgIpc) is 3.21. The summed E-state index contributed by atoms with van der Waals surface area (Å²) in [5.74, 6) is -0.0805. The SMILES string of the molecule is CCC1CCCCN1CCCNC(=O)c1cc2c(=O)n(C)c3ccccc3c2s1. The smallest absolute Gasteiger partial charge is 0.261 e. The molecule has 1 atom stereocenters. The summed E-state index contributed by atoms with van der Waals surface area (Å²) in [7, 11) is 1.78. The monoisotopic (exact) mass is 411 g/mol. The van der Waals surface area contributed by atoms with Gasteiger partial charge in [0.1, 0.15) is 0 Å². The van der Waals surface area contributed by atoms with Gasteiger partial charge in [-0.2, -0.15) is 0 Å². The molecular formula is C23H29N3O2S. The quantitative estimate of drug-likeness (QED) is 0.620. The lowest BCUT2D eigenvalue weighted by Crippen LogP contribution is -2.40. The van der Waals surface area contributed by atoms with Crippen LogP contribution in [0.3, 0.4) is 0 Å². The maximum atomic E-state index is 12.7. The van der Waals surface area contributed by atoms with Crippen LogP contribution in [0.15, 0.2) is 35.1 Å². The van der Waals surface area contributed by atoms with Gasteiger partial charge in [-0.15, -0.1) is 11.3 Å². The Labute approximate surface area is 175 Å². The number of hydrogen-bond donors (Lipinski definition) is 1. The van der Waals surface area contributed by atoms with Gasteiger partial charge in [-0.3, -0.25) is 9.59 Å². The van der Waals surface area contributed by atoms with E-state index < -0.39 is 0 Å². The van der Waals surface area contributed by atoms with Crippen molar-refractivity contribution in [1.82, 2.24) is 14.8 Å². The molecule has 29 heavy (non-hydrogen) atoms. The number of aryl methyl sites for hydroxylation is 1. The van der Waals surface area contributed by atoms with Crippen molar-refractivity contribution in [2.75, 3.05) is 19.6 Å². The standard InChI is InChI=1S/C23H29N3O2S/c1-3-16-9-6-7-13-26(16)14-8-12-24-22(27)20-15-18-21(29-20)17-10-4-5-11-19(17)25(2)23(18)28/h4-5,10-11,15-16H,3,6-9,12-14H2,1-2H3,(H,24,27). The molecular weight excluding hydrogens is 382 g/mol. The van der Waals surface area contributed by atoms with E-state index in [9.17, 15) is 9.59 Å². The molecule has 0 bridgehead atoms. The molecule has 1 fully saturated rings. The third-order valence-corrected chi connectivity index (χ3v) is 7.30. The van der Waals surface area contributed by atoms with Crippen LogP contribution in [0.4, 0.5) is 0 Å². The highest BCUT2D eigenvalue weighted by Gasteiger charge is 2.20. The first-order valence-electron chi connectivity index (χ1n) is 10.6. The molecule has 0 radical (unpaired) electrons. The van der Waals surface area contributed by atoms with Crippen molar-refractivity contribution in [3.05, 3.63) is 45.6 Å². The summed E-state index contributed by atoms with van der Waals surface area (Å²) in [5.41, 5.74) is 0.843. The third-order valence-electron chi connectivity index (χ3n) is 6.13. The van der Waals surface area contributed by atoms with Crippen LogP contribution < -0.4 is 10.9 Å². The molecule has 1 aliphatic rings. The Morgan fingerprint density at radius 1 is 1.24 bits per heavy atom. The van der Waals surface area contributed by atoms with Crippen LogP contribution in [0.1, 0.15) is 48.7 Å². The summed E-state index contributed by atoms with van der Waals surface area (Å²) in [6.07, 6.45) is 6.09. The van der Waals surface area contributed by atoms with E-state index in [2.05, 4.69) is 17.1 Å². The fourth-order valence-corrected chi connectivity index (χ4v) is 5.60. The van der Waals surface area contributed by atoms with E-state index in [4.69, 9.17) is 0 Å². The minimum Gasteiger partial charge on any atom is -0.351 e. The zero-order valence-electron chi connectivity index (χ0n) is 17.2. The molecule has 1 unspecified atom stereocenters. The van der Waals surface area contributed by atoms with Crippen molar-refractivity contribution in [3.8, 4) is 0 Å². The highest BCUT2D eigenvalue weighted by molar-refractivity contribution is 7.21. The number of pyridine rings is 1. The summed E-state index contributed by atoms with van der Waals surface area (Å²) in [5, 5.41) is 4.69. The Bertz CT molecular complexity index is 1080. The van der Waals surface area contributed by atoms with E-state index in [0.717, 1.165) is 28.6 Å². The van der Waals surface area contributed by atoms with E-state index in [-0.39, 0.29) is 11.5 Å². The first-order chi connectivity index (χ1) is 14.1. The second-order valence-electron chi connectivity index (χ2n) is 7.94. The van der Waals surface area contributed by atoms with Gasteiger partial charge in [0, 0.05) is 36.3 Å². The molecule has 1 aromatic carbocycles. The number of nitrogens with one attached hydrogen (secondary N) is 1. The third kappa shape index (κ3) is 3.96. The highest BCUT2D eigenvalue weighted by Crippen LogP contribution is 2.30. The molecule has 6 heteroatoms. The van der Waals surface area contributed by atoms with E-state index in [0.29, 0.717) is 22.8 Å². The van der Waals surface area contributed by atoms with Crippen molar-refractivity contribution in [3.63, 3.8) is 0 Å². The molecule has 154 valence electrons. The average molecular weight is 412 g/mol. The predicted octanol–water partition coefficient (Wildman–Crippen LogP) is 4.14. The van der Waals surface area contributed by atoms with Crippen LogP contribution in [0.2, 0.25) is 0 Å². The van der Waals surface area contributed by atoms with E-state index in [1.807, 2.05) is 24.3 Å². The molecule has 2 aromatic heterocycles. The number of carbonyl (C=O) groups excluding carboxylic acids is 1. The summed E-state index contributed by atoms with van der Waals surface area (Å²) in [6.45, 7) is 5.15. The number of amides is 1. The van der Waals surface area contributed by atoms with Gasteiger partial charge >= 0.3 is 0 Å². The number of rotatable bonds is 6. The lowest BCUT2D eigenvalue weighted by atomic mass is 10.00. The molecule has 1 amide bonds. The second kappa shape index (κ2) is 8.67. The number of nitrogens with zero attached hydrogens (tertiary/aromatic N) is 2. The van der Waals surface area contributed by atoms with Crippen LogP contribution >= 0.6 is 11.3 Å². The number of fused-ring (bicyclic) bond motifs is 3. The van der Waals surface area contributed by atoms with Gasteiger partial charge < -0.3 is 14.8 Å². The molecule has 5 nitrogen and oxygen atoms in total. The number of carbonyl (C=O) groups is 1. The first kappa shape index (κ1) is 20.1. The normalized spacial score (nSPS) is 17.8. The van der Waals surface area contributed by atoms with Gasteiger partial charge in [0.25, 0.3) is 11.5 Å². The number of thiophene rings is 1. The summed E-state index contributed by atoms with van der Waals surface area (Å²) < 4.78 is 2.56. The maximum absolute atomic E-state index is 12.7. The van der Waals surface area contributed by atoms with Crippen LogP contribution in [0.25, 0.3) is 21.0 Å². The number of aromatic nitrogens is 1. The highest BCUT2D eigenvalue weighted by atomic mass is 32.1. The zero-order chi connectivity index (χ0) is 20.4.